The normalized spacial score (nSPS) is 11.1. The van der Waals surface area contributed by atoms with Crippen LogP contribution in [0.5, 0.6) is 5.75 Å². The van der Waals surface area contributed by atoms with Crippen LogP contribution in [0.25, 0.3) is 0 Å². The number of aromatic nitrogens is 2. The van der Waals surface area contributed by atoms with Crippen LogP contribution in [0.1, 0.15) is 11.1 Å². The molecule has 0 bridgehead atoms. The Kier molecular flexibility index (Phi) is 5.40. The fourth-order valence-electron chi connectivity index (χ4n) is 2.31. The number of anilines is 1. The number of alkyl halides is 3. The largest absolute Gasteiger partial charge is 0.491 e. The topological polar surface area (TPSA) is 89.1 Å². The average molecular weight is 368 g/mol. The molecular weight excluding hydrogens is 353 g/mol. The number of rotatable bonds is 5. The maximum absolute atomic E-state index is 12.9. The third-order valence-corrected chi connectivity index (χ3v) is 3.62. The summed E-state index contributed by atoms with van der Waals surface area (Å²) in [6, 6.07) is 6.48. The minimum absolute atomic E-state index is 0.0201. The molecule has 0 radical (unpaired) electrons. The Hall–Kier alpha value is -3.22. The van der Waals surface area contributed by atoms with Crippen molar-refractivity contribution in [1.29, 1.82) is 5.26 Å². The number of hydrogen-bond donors (Lipinski definition) is 1. The summed E-state index contributed by atoms with van der Waals surface area (Å²) >= 11 is 0. The van der Waals surface area contributed by atoms with E-state index in [1.807, 2.05) is 0 Å². The molecule has 138 valence electrons. The fraction of sp³-hybridized carbons (Fsp3) is 0.312. The molecule has 0 fully saturated rings. The van der Waals surface area contributed by atoms with E-state index in [1.54, 1.807) is 6.07 Å². The summed E-state index contributed by atoms with van der Waals surface area (Å²) in [6.07, 6.45) is -4.55. The molecular formula is C16H15F3N4O3. The van der Waals surface area contributed by atoms with Crippen LogP contribution < -0.4 is 21.3 Å². The molecule has 0 amide bonds. The van der Waals surface area contributed by atoms with Crippen LogP contribution in [-0.2, 0) is 20.3 Å². The van der Waals surface area contributed by atoms with Gasteiger partial charge in [0.1, 0.15) is 24.2 Å². The van der Waals surface area contributed by atoms with E-state index in [9.17, 15) is 22.8 Å². The van der Waals surface area contributed by atoms with E-state index in [0.717, 1.165) is 15.2 Å². The maximum atomic E-state index is 12.9. The molecule has 1 heterocycles. The molecule has 0 saturated heterocycles. The number of nitriles is 1. The quantitative estimate of drug-likeness (QED) is 0.808. The molecule has 2 aromatic rings. The van der Waals surface area contributed by atoms with E-state index in [1.165, 1.54) is 32.3 Å². The standard InChI is InChI=1S/C16H15F3N4O3/c1-22-13(10(9-20)14(24)23(2)15(22)25)21-7-8-26-12-6-4-3-5-11(12)16(17,18)19/h3-6,21H,7-8H2,1-2H3. The second-order valence-corrected chi connectivity index (χ2v) is 5.31. The molecule has 0 aliphatic rings. The molecule has 0 aliphatic heterocycles. The van der Waals surface area contributed by atoms with Crippen molar-refractivity contribution < 1.29 is 17.9 Å². The smallest absolute Gasteiger partial charge is 0.419 e. The predicted octanol–water partition coefficient (Wildman–Crippen LogP) is 1.47. The van der Waals surface area contributed by atoms with Crippen molar-refractivity contribution in [3.05, 3.63) is 56.2 Å². The fourth-order valence-corrected chi connectivity index (χ4v) is 2.31. The zero-order chi connectivity index (χ0) is 19.5. The van der Waals surface area contributed by atoms with Crippen molar-refractivity contribution in [2.45, 2.75) is 6.18 Å². The van der Waals surface area contributed by atoms with Gasteiger partial charge >= 0.3 is 11.9 Å². The molecule has 0 atom stereocenters. The number of para-hydroxylation sites is 1. The Morgan fingerprint density at radius 2 is 1.85 bits per heavy atom. The number of nitrogens with zero attached hydrogens (tertiary/aromatic N) is 3. The molecule has 10 heteroatoms. The lowest BCUT2D eigenvalue weighted by atomic mass is 10.2. The van der Waals surface area contributed by atoms with Crippen LogP contribution in [0.4, 0.5) is 19.0 Å². The van der Waals surface area contributed by atoms with Gasteiger partial charge < -0.3 is 10.1 Å². The summed E-state index contributed by atoms with van der Waals surface area (Å²) in [7, 11) is 2.61. The van der Waals surface area contributed by atoms with E-state index in [0.29, 0.717) is 0 Å². The van der Waals surface area contributed by atoms with Crippen molar-refractivity contribution in [3.63, 3.8) is 0 Å². The van der Waals surface area contributed by atoms with E-state index in [4.69, 9.17) is 10.00 Å². The van der Waals surface area contributed by atoms with Crippen LogP contribution in [0.3, 0.4) is 0 Å². The predicted molar refractivity (Wildman–Crippen MR) is 87.1 cm³/mol. The number of hydrogen-bond acceptors (Lipinski definition) is 5. The SMILES string of the molecule is Cn1c(NCCOc2ccccc2C(F)(F)F)c(C#N)c(=O)n(C)c1=O. The molecule has 7 nitrogen and oxygen atoms in total. The highest BCUT2D eigenvalue weighted by Gasteiger charge is 2.33. The van der Waals surface area contributed by atoms with Crippen LogP contribution in [0, 0.1) is 11.3 Å². The molecule has 1 N–H and O–H groups in total. The van der Waals surface area contributed by atoms with E-state index < -0.39 is 23.0 Å². The van der Waals surface area contributed by atoms with Crippen molar-refractivity contribution in [2.24, 2.45) is 14.1 Å². The second kappa shape index (κ2) is 7.35. The highest BCUT2D eigenvalue weighted by molar-refractivity contribution is 5.51. The van der Waals surface area contributed by atoms with Gasteiger partial charge in [0.05, 0.1) is 12.1 Å². The molecule has 0 aliphatic carbocycles. The summed E-state index contributed by atoms with van der Waals surface area (Å²) in [5.74, 6) is -0.353. The van der Waals surface area contributed by atoms with Crippen molar-refractivity contribution in [1.82, 2.24) is 9.13 Å². The van der Waals surface area contributed by atoms with E-state index in [2.05, 4.69) is 5.32 Å². The van der Waals surface area contributed by atoms with Gasteiger partial charge in [0.15, 0.2) is 5.56 Å². The Bertz CT molecular complexity index is 971. The summed E-state index contributed by atoms with van der Waals surface area (Å²) < 4.78 is 45.7. The Labute approximate surface area is 145 Å². The van der Waals surface area contributed by atoms with E-state index >= 15 is 0 Å². The average Bonchev–Trinajstić information content (AvgIpc) is 2.60. The zero-order valence-electron chi connectivity index (χ0n) is 13.9. The van der Waals surface area contributed by atoms with Crippen molar-refractivity contribution >= 4 is 5.82 Å². The van der Waals surface area contributed by atoms with Crippen molar-refractivity contribution in [3.8, 4) is 11.8 Å². The van der Waals surface area contributed by atoms with Gasteiger partial charge in [0.25, 0.3) is 5.56 Å². The van der Waals surface area contributed by atoms with Crippen LogP contribution >= 0.6 is 0 Å². The molecule has 0 saturated carbocycles. The van der Waals surface area contributed by atoms with Gasteiger partial charge in [0.2, 0.25) is 0 Å². The first-order chi connectivity index (χ1) is 12.2. The van der Waals surface area contributed by atoms with Gasteiger partial charge in [-0.25, -0.2) is 4.79 Å². The lowest BCUT2D eigenvalue weighted by molar-refractivity contribution is -0.138. The molecule has 1 aromatic heterocycles. The third kappa shape index (κ3) is 3.72. The minimum Gasteiger partial charge on any atom is -0.491 e. The zero-order valence-corrected chi connectivity index (χ0v) is 13.9. The van der Waals surface area contributed by atoms with Gasteiger partial charge in [-0.2, -0.15) is 18.4 Å². The van der Waals surface area contributed by atoms with Gasteiger partial charge in [-0.3, -0.25) is 13.9 Å². The molecule has 0 spiro atoms. The number of halogens is 3. The molecule has 26 heavy (non-hydrogen) atoms. The number of nitrogens with one attached hydrogen (secondary N) is 1. The number of benzene rings is 1. The Morgan fingerprint density at radius 1 is 1.19 bits per heavy atom. The molecule has 1 aromatic carbocycles. The Balaban J connectivity index is 2.15. The Morgan fingerprint density at radius 3 is 2.46 bits per heavy atom. The maximum Gasteiger partial charge on any atom is 0.419 e. The first-order valence-corrected chi connectivity index (χ1v) is 7.41. The summed E-state index contributed by atoms with van der Waals surface area (Å²) in [5.41, 5.74) is -2.58. The van der Waals surface area contributed by atoms with Gasteiger partial charge in [-0.15, -0.1) is 0 Å². The van der Waals surface area contributed by atoms with Gasteiger partial charge in [-0.05, 0) is 12.1 Å². The van der Waals surface area contributed by atoms with Gasteiger partial charge in [0, 0.05) is 14.1 Å². The lowest BCUT2D eigenvalue weighted by Crippen LogP contribution is -2.40. The summed E-state index contributed by atoms with van der Waals surface area (Å²) in [6.45, 7) is -0.206. The molecule has 2 rings (SSSR count). The molecule has 0 unspecified atom stereocenters. The monoisotopic (exact) mass is 368 g/mol. The second-order valence-electron chi connectivity index (χ2n) is 5.31. The van der Waals surface area contributed by atoms with Crippen LogP contribution in [0.15, 0.2) is 33.9 Å². The van der Waals surface area contributed by atoms with Crippen LogP contribution in [0.2, 0.25) is 0 Å². The van der Waals surface area contributed by atoms with Gasteiger partial charge in [-0.1, -0.05) is 12.1 Å². The third-order valence-electron chi connectivity index (χ3n) is 3.62. The van der Waals surface area contributed by atoms with E-state index in [-0.39, 0.29) is 30.3 Å². The lowest BCUT2D eigenvalue weighted by Gasteiger charge is -2.16. The summed E-state index contributed by atoms with van der Waals surface area (Å²) in [4.78, 5) is 23.8. The number of ether oxygens (including phenoxy) is 1. The highest BCUT2D eigenvalue weighted by Crippen LogP contribution is 2.35. The minimum atomic E-state index is -4.55. The highest BCUT2D eigenvalue weighted by atomic mass is 19.4. The van der Waals surface area contributed by atoms with Crippen LogP contribution in [-0.4, -0.2) is 22.3 Å². The first-order valence-electron chi connectivity index (χ1n) is 7.41. The first kappa shape index (κ1) is 19.1. The summed E-state index contributed by atoms with van der Waals surface area (Å²) in [5, 5.41) is 11.8. The van der Waals surface area contributed by atoms with Crippen molar-refractivity contribution in [2.75, 3.05) is 18.5 Å².